The van der Waals surface area contributed by atoms with Gasteiger partial charge in [0, 0.05) is 7.05 Å². The molecule has 1 aromatic heterocycles. The number of anilines is 2. The molecule has 0 aliphatic rings. The lowest BCUT2D eigenvalue weighted by Crippen LogP contribution is -2.40. The fourth-order valence-corrected chi connectivity index (χ4v) is 1.73. The van der Waals surface area contributed by atoms with Gasteiger partial charge in [0.05, 0.1) is 6.54 Å². The van der Waals surface area contributed by atoms with Crippen LogP contribution in [0, 0.1) is 0 Å². The third-order valence-electron chi connectivity index (χ3n) is 2.80. The minimum Gasteiger partial charge on any atom is -0.391 e. The van der Waals surface area contributed by atoms with Crippen LogP contribution in [0.4, 0.5) is 11.5 Å². The molecule has 0 saturated carbocycles. The molecular weight excluding hydrogens is 232 g/mol. The van der Waals surface area contributed by atoms with Crippen LogP contribution in [0.25, 0.3) is 0 Å². The van der Waals surface area contributed by atoms with Crippen LogP contribution in [0.1, 0.15) is 5.56 Å². The average Bonchev–Trinajstić information content (AvgIpc) is 2.40. The van der Waals surface area contributed by atoms with Crippen LogP contribution < -0.4 is 22.7 Å². The topological polar surface area (TPSA) is 96.0 Å². The van der Waals surface area contributed by atoms with Crippen LogP contribution in [-0.2, 0) is 13.6 Å². The zero-order chi connectivity index (χ0) is 13.3. The van der Waals surface area contributed by atoms with E-state index in [1.807, 2.05) is 30.3 Å². The lowest BCUT2D eigenvalue weighted by atomic mass is 10.2. The molecule has 4 N–H and O–H groups in total. The summed E-state index contributed by atoms with van der Waals surface area (Å²) in [6.45, 7) is 0.282. The molecule has 0 spiro atoms. The Morgan fingerprint density at radius 1 is 1.11 bits per heavy atom. The van der Waals surface area contributed by atoms with Gasteiger partial charge in [-0.1, -0.05) is 30.3 Å². The van der Waals surface area contributed by atoms with Gasteiger partial charge in [-0.2, -0.15) is 0 Å². The fraction of sp³-hybridized carbons (Fsp3) is 0.167. The molecule has 0 bridgehead atoms. The number of nitrogens with two attached hydrogens (primary N) is 2. The predicted molar refractivity (Wildman–Crippen MR) is 70.3 cm³/mol. The highest BCUT2D eigenvalue weighted by molar-refractivity contribution is 5.56. The highest BCUT2D eigenvalue weighted by atomic mass is 16.2. The van der Waals surface area contributed by atoms with Crippen molar-refractivity contribution >= 4 is 11.5 Å². The number of nitrogens with zero attached hydrogens (tertiary/aromatic N) is 2. The summed E-state index contributed by atoms with van der Waals surface area (Å²) < 4.78 is 2.24. The fourth-order valence-electron chi connectivity index (χ4n) is 1.73. The van der Waals surface area contributed by atoms with Crippen molar-refractivity contribution in [3.63, 3.8) is 0 Å². The van der Waals surface area contributed by atoms with Crippen molar-refractivity contribution in [3.05, 3.63) is 56.7 Å². The first-order valence-electron chi connectivity index (χ1n) is 5.41. The average molecular weight is 246 g/mol. The molecule has 0 radical (unpaired) electrons. The lowest BCUT2D eigenvalue weighted by molar-refractivity contribution is 0.658. The standard InChI is InChI=1S/C12H14N4O2/c1-15-11(17)9(13)10(14)16(12(15)18)7-8-5-3-2-4-6-8/h2-6H,7,13-14H2,1H3. The van der Waals surface area contributed by atoms with Gasteiger partial charge in [0.25, 0.3) is 5.56 Å². The monoisotopic (exact) mass is 246 g/mol. The first-order chi connectivity index (χ1) is 8.52. The SMILES string of the molecule is Cn1c(=O)c(N)c(N)n(Cc2ccccc2)c1=O. The van der Waals surface area contributed by atoms with E-state index in [2.05, 4.69) is 0 Å². The van der Waals surface area contributed by atoms with Gasteiger partial charge in [-0.25, -0.2) is 4.79 Å². The summed E-state index contributed by atoms with van der Waals surface area (Å²) in [6.07, 6.45) is 0. The molecule has 6 nitrogen and oxygen atoms in total. The molecule has 0 amide bonds. The highest BCUT2D eigenvalue weighted by Gasteiger charge is 2.12. The van der Waals surface area contributed by atoms with Crippen molar-refractivity contribution in [2.24, 2.45) is 7.05 Å². The number of benzene rings is 1. The Balaban J connectivity index is 2.59. The maximum Gasteiger partial charge on any atom is 0.332 e. The summed E-state index contributed by atoms with van der Waals surface area (Å²) in [5, 5.41) is 0. The maximum atomic E-state index is 12.0. The minimum absolute atomic E-state index is 0.00644. The second kappa shape index (κ2) is 4.40. The maximum absolute atomic E-state index is 12.0. The van der Waals surface area contributed by atoms with Crippen LogP contribution in [0.2, 0.25) is 0 Å². The van der Waals surface area contributed by atoms with Gasteiger partial charge in [-0.05, 0) is 5.56 Å². The quantitative estimate of drug-likeness (QED) is 0.764. The number of hydrogen-bond acceptors (Lipinski definition) is 4. The van der Waals surface area contributed by atoms with E-state index in [0.29, 0.717) is 0 Å². The van der Waals surface area contributed by atoms with E-state index in [0.717, 1.165) is 10.1 Å². The van der Waals surface area contributed by atoms with E-state index in [-0.39, 0.29) is 18.1 Å². The van der Waals surface area contributed by atoms with Crippen molar-refractivity contribution < 1.29 is 0 Å². The summed E-state index contributed by atoms with van der Waals surface area (Å²) in [4.78, 5) is 23.5. The number of aromatic nitrogens is 2. The number of hydrogen-bond donors (Lipinski definition) is 2. The van der Waals surface area contributed by atoms with Crippen LogP contribution in [0.3, 0.4) is 0 Å². The van der Waals surface area contributed by atoms with Crippen molar-refractivity contribution in [3.8, 4) is 0 Å². The second-order valence-electron chi connectivity index (χ2n) is 4.02. The number of rotatable bonds is 2. The third kappa shape index (κ3) is 1.88. The molecule has 0 aliphatic heterocycles. The molecule has 1 aromatic carbocycles. The molecular formula is C12H14N4O2. The summed E-state index contributed by atoms with van der Waals surface area (Å²) in [6, 6.07) is 9.34. The van der Waals surface area contributed by atoms with Crippen LogP contribution in [0.5, 0.6) is 0 Å². The lowest BCUT2D eigenvalue weighted by Gasteiger charge is -2.12. The van der Waals surface area contributed by atoms with Crippen LogP contribution in [0.15, 0.2) is 39.9 Å². The first kappa shape index (κ1) is 12.0. The van der Waals surface area contributed by atoms with Crippen molar-refractivity contribution in [1.29, 1.82) is 0 Å². The Bertz CT molecular complexity index is 686. The van der Waals surface area contributed by atoms with E-state index >= 15 is 0 Å². The first-order valence-corrected chi connectivity index (χ1v) is 5.41. The van der Waals surface area contributed by atoms with Gasteiger partial charge in [0.15, 0.2) is 0 Å². The Morgan fingerprint density at radius 2 is 1.72 bits per heavy atom. The Labute approximate surface area is 103 Å². The minimum atomic E-state index is -0.568. The second-order valence-corrected chi connectivity index (χ2v) is 4.02. The molecule has 1 heterocycles. The Hall–Kier alpha value is -2.50. The molecule has 2 aromatic rings. The molecule has 0 atom stereocenters. The molecule has 0 fully saturated rings. The van der Waals surface area contributed by atoms with E-state index in [9.17, 15) is 9.59 Å². The zero-order valence-corrected chi connectivity index (χ0v) is 9.96. The molecule has 18 heavy (non-hydrogen) atoms. The van der Waals surface area contributed by atoms with Crippen LogP contribution in [-0.4, -0.2) is 9.13 Å². The summed E-state index contributed by atoms with van der Waals surface area (Å²) in [5.74, 6) is 0.00644. The highest BCUT2D eigenvalue weighted by Crippen LogP contribution is 2.08. The molecule has 0 saturated heterocycles. The van der Waals surface area contributed by atoms with E-state index < -0.39 is 11.2 Å². The Morgan fingerprint density at radius 3 is 2.33 bits per heavy atom. The van der Waals surface area contributed by atoms with Crippen LogP contribution >= 0.6 is 0 Å². The largest absolute Gasteiger partial charge is 0.391 e. The summed E-state index contributed by atoms with van der Waals surface area (Å²) in [7, 11) is 1.38. The molecule has 0 unspecified atom stereocenters. The van der Waals surface area contributed by atoms with Crippen molar-refractivity contribution in [2.75, 3.05) is 11.5 Å². The van der Waals surface area contributed by atoms with Gasteiger partial charge in [-0.3, -0.25) is 13.9 Å². The van der Waals surface area contributed by atoms with E-state index in [1.165, 1.54) is 11.6 Å². The van der Waals surface area contributed by atoms with Crippen molar-refractivity contribution in [2.45, 2.75) is 6.54 Å². The predicted octanol–water partition coefficient (Wildman–Crippen LogP) is -0.240. The summed E-state index contributed by atoms with van der Waals surface area (Å²) in [5.41, 5.74) is 11.1. The normalized spacial score (nSPS) is 10.5. The molecule has 6 heteroatoms. The molecule has 94 valence electrons. The van der Waals surface area contributed by atoms with Crippen molar-refractivity contribution in [1.82, 2.24) is 9.13 Å². The molecule has 0 aliphatic carbocycles. The summed E-state index contributed by atoms with van der Waals surface area (Å²) >= 11 is 0. The van der Waals surface area contributed by atoms with Gasteiger partial charge >= 0.3 is 5.69 Å². The zero-order valence-electron chi connectivity index (χ0n) is 9.96. The van der Waals surface area contributed by atoms with Gasteiger partial charge in [0.1, 0.15) is 11.5 Å². The van der Waals surface area contributed by atoms with Gasteiger partial charge < -0.3 is 11.5 Å². The smallest absolute Gasteiger partial charge is 0.332 e. The molecule has 2 rings (SSSR count). The Kier molecular flexibility index (Phi) is 2.93. The van der Waals surface area contributed by atoms with E-state index in [1.54, 1.807) is 0 Å². The third-order valence-corrected chi connectivity index (χ3v) is 2.80. The van der Waals surface area contributed by atoms with E-state index in [4.69, 9.17) is 11.5 Å². The van der Waals surface area contributed by atoms with Gasteiger partial charge in [0.2, 0.25) is 0 Å². The van der Waals surface area contributed by atoms with Gasteiger partial charge in [-0.15, -0.1) is 0 Å². The number of nitrogen functional groups attached to an aromatic ring is 2.